The van der Waals surface area contributed by atoms with Crippen LogP contribution in [-0.4, -0.2) is 25.6 Å². The number of nitrogens with one attached hydrogen (secondary N) is 1. The molecule has 0 unspecified atom stereocenters. The topological polar surface area (TPSA) is 56.8 Å². The molecule has 1 aliphatic heterocycles. The first-order valence-electron chi connectivity index (χ1n) is 7.15. The molecule has 0 saturated heterocycles. The molecule has 0 aromatic heterocycles. The summed E-state index contributed by atoms with van der Waals surface area (Å²) in [6.45, 7) is 0.273. The average molecular weight is 331 g/mol. The van der Waals surface area contributed by atoms with Crippen molar-refractivity contribution < 1.29 is 19.0 Å². The van der Waals surface area contributed by atoms with Gasteiger partial charge in [0.25, 0.3) is 0 Å². The minimum Gasteiger partial charge on any atom is -0.497 e. The van der Waals surface area contributed by atoms with E-state index in [4.69, 9.17) is 14.2 Å². The number of ether oxygens (including phenoxy) is 3. The third kappa shape index (κ3) is 4.10. The van der Waals surface area contributed by atoms with Crippen LogP contribution >= 0.6 is 11.8 Å². The van der Waals surface area contributed by atoms with Gasteiger partial charge in [-0.25, -0.2) is 0 Å². The van der Waals surface area contributed by atoms with E-state index in [1.54, 1.807) is 24.9 Å². The van der Waals surface area contributed by atoms with Gasteiger partial charge >= 0.3 is 0 Å². The van der Waals surface area contributed by atoms with Gasteiger partial charge in [0, 0.05) is 17.5 Å². The predicted octanol–water partition coefficient (Wildman–Crippen LogP) is 3.30. The minimum atomic E-state index is -0.0380. The fourth-order valence-corrected chi connectivity index (χ4v) is 2.97. The maximum absolute atomic E-state index is 12.0. The van der Waals surface area contributed by atoms with E-state index < -0.39 is 0 Å². The van der Waals surface area contributed by atoms with E-state index in [2.05, 4.69) is 5.32 Å². The Kier molecular flexibility index (Phi) is 4.92. The van der Waals surface area contributed by atoms with Gasteiger partial charge in [0.05, 0.1) is 12.9 Å². The first-order valence-corrected chi connectivity index (χ1v) is 8.30. The molecule has 6 heteroatoms. The van der Waals surface area contributed by atoms with Gasteiger partial charge in [-0.2, -0.15) is 0 Å². The maximum atomic E-state index is 12.0. The van der Waals surface area contributed by atoms with Crippen LogP contribution in [0.3, 0.4) is 0 Å². The number of fused-ring (bicyclic) bond motifs is 1. The molecule has 1 heterocycles. The average Bonchev–Trinajstić information content (AvgIpc) is 3.02. The van der Waals surface area contributed by atoms with Gasteiger partial charge in [-0.3, -0.25) is 4.79 Å². The Hall–Kier alpha value is -2.34. The second kappa shape index (κ2) is 7.28. The second-order valence-corrected chi connectivity index (χ2v) is 5.95. The lowest BCUT2D eigenvalue weighted by atomic mass is 10.2. The monoisotopic (exact) mass is 331 g/mol. The number of amides is 1. The van der Waals surface area contributed by atoms with E-state index in [0.717, 1.165) is 34.3 Å². The fraction of sp³-hybridized carbons (Fsp3) is 0.235. The summed E-state index contributed by atoms with van der Waals surface area (Å²) in [5.41, 5.74) is 1.84. The van der Waals surface area contributed by atoms with Gasteiger partial charge in [0.2, 0.25) is 12.7 Å². The van der Waals surface area contributed by atoms with Crippen molar-refractivity contribution in [2.24, 2.45) is 0 Å². The Morgan fingerprint density at radius 2 is 2.09 bits per heavy atom. The lowest BCUT2D eigenvalue weighted by Gasteiger charge is -2.07. The zero-order valence-corrected chi connectivity index (χ0v) is 13.5. The quantitative estimate of drug-likeness (QED) is 0.880. The summed E-state index contributed by atoms with van der Waals surface area (Å²) in [4.78, 5) is 12.0. The zero-order chi connectivity index (χ0) is 16.1. The second-order valence-electron chi connectivity index (χ2n) is 4.96. The van der Waals surface area contributed by atoms with Crippen molar-refractivity contribution in [3.8, 4) is 17.2 Å². The van der Waals surface area contributed by atoms with Gasteiger partial charge in [-0.1, -0.05) is 12.1 Å². The normalized spacial score (nSPS) is 12.0. The van der Waals surface area contributed by atoms with Crippen LogP contribution in [0.5, 0.6) is 17.2 Å². The molecule has 0 fully saturated rings. The minimum absolute atomic E-state index is 0.0380. The molecule has 1 aliphatic rings. The van der Waals surface area contributed by atoms with E-state index in [-0.39, 0.29) is 12.7 Å². The number of hydrogen-bond acceptors (Lipinski definition) is 5. The molecular formula is C17H17NO4S. The Morgan fingerprint density at radius 3 is 2.96 bits per heavy atom. The van der Waals surface area contributed by atoms with Crippen molar-refractivity contribution >= 4 is 23.4 Å². The Morgan fingerprint density at radius 1 is 1.22 bits per heavy atom. The van der Waals surface area contributed by atoms with Crippen LogP contribution in [0.2, 0.25) is 0 Å². The molecule has 3 rings (SSSR count). The van der Waals surface area contributed by atoms with Gasteiger partial charge in [-0.05, 0) is 29.8 Å². The van der Waals surface area contributed by atoms with Crippen molar-refractivity contribution in [2.75, 3.05) is 25.0 Å². The van der Waals surface area contributed by atoms with E-state index >= 15 is 0 Å². The van der Waals surface area contributed by atoms with E-state index in [0.29, 0.717) is 5.75 Å². The summed E-state index contributed by atoms with van der Waals surface area (Å²) in [7, 11) is 1.60. The zero-order valence-electron chi connectivity index (χ0n) is 12.7. The summed E-state index contributed by atoms with van der Waals surface area (Å²) in [6.07, 6.45) is 0. The molecule has 120 valence electrons. The highest BCUT2D eigenvalue weighted by molar-refractivity contribution is 7.99. The molecule has 5 nitrogen and oxygen atoms in total. The van der Waals surface area contributed by atoms with Crippen molar-refractivity contribution in [3.05, 3.63) is 48.0 Å². The molecule has 2 aromatic rings. The Balaban J connectivity index is 1.47. The van der Waals surface area contributed by atoms with Crippen LogP contribution in [0.25, 0.3) is 0 Å². The molecule has 0 saturated carbocycles. The fourth-order valence-electron chi connectivity index (χ4n) is 2.19. The molecule has 0 bridgehead atoms. The van der Waals surface area contributed by atoms with Crippen LogP contribution in [-0.2, 0) is 10.5 Å². The number of hydrogen-bond donors (Lipinski definition) is 1. The van der Waals surface area contributed by atoms with Crippen molar-refractivity contribution in [2.45, 2.75) is 5.75 Å². The molecule has 0 atom stereocenters. The number of benzene rings is 2. The lowest BCUT2D eigenvalue weighted by molar-refractivity contribution is -0.113. The first-order chi connectivity index (χ1) is 11.2. The van der Waals surface area contributed by atoms with Crippen LogP contribution in [0.1, 0.15) is 5.56 Å². The number of thioether (sulfide) groups is 1. The largest absolute Gasteiger partial charge is 0.497 e. The smallest absolute Gasteiger partial charge is 0.234 e. The van der Waals surface area contributed by atoms with Crippen LogP contribution < -0.4 is 19.5 Å². The predicted molar refractivity (Wildman–Crippen MR) is 90.4 cm³/mol. The summed E-state index contributed by atoms with van der Waals surface area (Å²) in [5, 5.41) is 2.86. The van der Waals surface area contributed by atoms with Crippen LogP contribution in [0, 0.1) is 0 Å². The first kappa shape index (κ1) is 15.6. The van der Waals surface area contributed by atoms with Gasteiger partial charge in [0.15, 0.2) is 11.5 Å². The Labute approximate surface area is 138 Å². The molecule has 0 radical (unpaired) electrons. The number of methoxy groups -OCH3 is 1. The van der Waals surface area contributed by atoms with Crippen molar-refractivity contribution in [1.29, 1.82) is 0 Å². The number of anilines is 1. The molecule has 1 amide bonds. The molecular weight excluding hydrogens is 314 g/mol. The summed E-state index contributed by atoms with van der Waals surface area (Å²) in [5.74, 6) is 3.34. The lowest BCUT2D eigenvalue weighted by Crippen LogP contribution is -2.14. The molecule has 2 aromatic carbocycles. The van der Waals surface area contributed by atoms with E-state index in [1.807, 2.05) is 36.4 Å². The standard InChI is InChI=1S/C17H17NO4S/c1-20-14-4-2-3-13(8-14)18-17(19)10-23-9-12-5-6-15-16(7-12)22-11-21-15/h2-8H,9-11H2,1H3,(H,18,19). The number of carbonyl (C=O) groups excluding carboxylic acids is 1. The highest BCUT2D eigenvalue weighted by atomic mass is 32.2. The molecule has 0 aliphatic carbocycles. The van der Waals surface area contributed by atoms with E-state index in [1.165, 1.54) is 0 Å². The molecule has 1 N–H and O–H groups in total. The highest BCUT2D eigenvalue weighted by Gasteiger charge is 2.13. The number of rotatable bonds is 6. The number of carbonyl (C=O) groups is 1. The Bertz CT molecular complexity index is 705. The van der Waals surface area contributed by atoms with Crippen LogP contribution in [0.15, 0.2) is 42.5 Å². The van der Waals surface area contributed by atoms with Gasteiger partial charge in [0.1, 0.15) is 5.75 Å². The summed E-state index contributed by atoms with van der Waals surface area (Å²) in [6, 6.07) is 13.1. The third-order valence-electron chi connectivity index (χ3n) is 3.29. The third-order valence-corrected chi connectivity index (χ3v) is 4.30. The van der Waals surface area contributed by atoms with Crippen molar-refractivity contribution in [3.63, 3.8) is 0 Å². The SMILES string of the molecule is COc1cccc(NC(=O)CSCc2ccc3c(c2)OCO3)c1. The summed E-state index contributed by atoms with van der Waals surface area (Å²) < 4.78 is 15.8. The molecule has 0 spiro atoms. The van der Waals surface area contributed by atoms with Gasteiger partial charge in [-0.15, -0.1) is 11.8 Å². The summed E-state index contributed by atoms with van der Waals surface area (Å²) >= 11 is 1.55. The highest BCUT2D eigenvalue weighted by Crippen LogP contribution is 2.33. The van der Waals surface area contributed by atoms with E-state index in [9.17, 15) is 4.79 Å². The van der Waals surface area contributed by atoms with Crippen LogP contribution in [0.4, 0.5) is 5.69 Å². The van der Waals surface area contributed by atoms with Gasteiger partial charge < -0.3 is 19.5 Å². The molecule has 23 heavy (non-hydrogen) atoms. The maximum Gasteiger partial charge on any atom is 0.234 e. The van der Waals surface area contributed by atoms with Crippen molar-refractivity contribution in [1.82, 2.24) is 0 Å².